The Balaban J connectivity index is 2.06. The lowest BCUT2D eigenvalue weighted by atomic mass is 10.1. The molecule has 0 heterocycles. The minimum atomic E-state index is -0.0147. The van der Waals surface area contributed by atoms with Crippen molar-refractivity contribution >= 4 is 5.71 Å². The molecule has 23 heavy (non-hydrogen) atoms. The van der Waals surface area contributed by atoms with E-state index in [1.54, 1.807) is 27.2 Å². The van der Waals surface area contributed by atoms with Crippen LogP contribution in [0.25, 0.3) is 0 Å². The van der Waals surface area contributed by atoms with E-state index in [4.69, 9.17) is 9.47 Å². The van der Waals surface area contributed by atoms with E-state index in [2.05, 4.69) is 10.5 Å². The van der Waals surface area contributed by atoms with Crippen LogP contribution >= 0.6 is 0 Å². The minimum Gasteiger partial charge on any atom is -0.508 e. The second-order valence-corrected chi connectivity index (χ2v) is 4.92. The summed E-state index contributed by atoms with van der Waals surface area (Å²) in [6.07, 6.45) is 0. The third-order valence-corrected chi connectivity index (χ3v) is 3.35. The summed E-state index contributed by atoms with van der Waals surface area (Å²) >= 11 is 0. The number of benzene rings is 2. The highest BCUT2D eigenvalue weighted by molar-refractivity contribution is 6.01. The Morgan fingerprint density at radius 2 is 1.78 bits per heavy atom. The third kappa shape index (κ3) is 4.06. The molecule has 0 atom stereocenters. The highest BCUT2D eigenvalue weighted by Gasteiger charge is 2.06. The van der Waals surface area contributed by atoms with Crippen LogP contribution in [0.4, 0.5) is 0 Å². The fraction of sp³-hybridized carbons (Fsp3) is 0.235. The van der Waals surface area contributed by atoms with Gasteiger partial charge in [-0.15, -0.1) is 0 Å². The number of nitrogens with one attached hydrogen (secondary N) is 1. The van der Waals surface area contributed by atoms with Crippen LogP contribution in [0, 0.1) is 0 Å². The van der Waals surface area contributed by atoms with E-state index in [-0.39, 0.29) is 11.5 Å². The summed E-state index contributed by atoms with van der Waals surface area (Å²) in [6.45, 7) is 2.27. The lowest BCUT2D eigenvalue weighted by molar-refractivity contribution is 0.354. The first-order chi connectivity index (χ1) is 11.0. The van der Waals surface area contributed by atoms with Crippen molar-refractivity contribution in [3.05, 3.63) is 47.5 Å². The monoisotopic (exact) mass is 316 g/mol. The average molecular weight is 316 g/mol. The van der Waals surface area contributed by atoms with Crippen LogP contribution < -0.4 is 14.9 Å². The number of phenols is 2. The fourth-order valence-electron chi connectivity index (χ4n) is 2.13. The first-order valence-electron chi connectivity index (χ1n) is 7.05. The number of aromatic hydroxyl groups is 2. The number of phenolic OH excluding ortho intramolecular Hbond substituents is 2. The molecular formula is C17H20N2O4. The van der Waals surface area contributed by atoms with Gasteiger partial charge in [-0.05, 0) is 36.8 Å². The van der Waals surface area contributed by atoms with Crippen LogP contribution in [-0.4, -0.2) is 30.1 Å². The van der Waals surface area contributed by atoms with E-state index < -0.39 is 0 Å². The third-order valence-electron chi connectivity index (χ3n) is 3.35. The SMILES string of the molecule is COc1ccc(CN/N=C(\C)c2ccc(O)cc2O)cc1OC. The van der Waals surface area contributed by atoms with Gasteiger partial charge in [-0.2, -0.15) is 5.10 Å². The van der Waals surface area contributed by atoms with Crippen LogP contribution in [0.15, 0.2) is 41.5 Å². The lowest BCUT2D eigenvalue weighted by Crippen LogP contribution is -2.09. The number of rotatable bonds is 6. The predicted molar refractivity (Wildman–Crippen MR) is 88.4 cm³/mol. The van der Waals surface area contributed by atoms with Crippen LogP contribution in [-0.2, 0) is 6.54 Å². The van der Waals surface area contributed by atoms with Gasteiger partial charge in [0.15, 0.2) is 11.5 Å². The molecular weight excluding hydrogens is 296 g/mol. The summed E-state index contributed by atoms with van der Waals surface area (Å²) < 4.78 is 10.4. The summed E-state index contributed by atoms with van der Waals surface area (Å²) in [5.41, 5.74) is 5.10. The van der Waals surface area contributed by atoms with Crippen molar-refractivity contribution in [2.24, 2.45) is 5.10 Å². The quantitative estimate of drug-likeness (QED) is 0.563. The Bertz CT molecular complexity index is 714. The lowest BCUT2D eigenvalue weighted by Gasteiger charge is -2.10. The van der Waals surface area contributed by atoms with E-state index in [0.29, 0.717) is 29.3 Å². The van der Waals surface area contributed by atoms with Gasteiger partial charge >= 0.3 is 0 Å². The summed E-state index contributed by atoms with van der Waals surface area (Å²) in [5, 5.41) is 23.3. The number of hydrazone groups is 1. The van der Waals surface area contributed by atoms with E-state index in [0.717, 1.165) is 5.56 Å². The molecule has 0 aromatic heterocycles. The first kappa shape index (κ1) is 16.5. The molecule has 0 fully saturated rings. The smallest absolute Gasteiger partial charge is 0.161 e. The molecule has 0 bridgehead atoms. The van der Waals surface area contributed by atoms with Crippen molar-refractivity contribution in [2.45, 2.75) is 13.5 Å². The second kappa shape index (κ2) is 7.40. The highest BCUT2D eigenvalue weighted by atomic mass is 16.5. The minimum absolute atomic E-state index is 0.0114. The van der Waals surface area contributed by atoms with Crippen molar-refractivity contribution < 1.29 is 19.7 Å². The van der Waals surface area contributed by atoms with Crippen molar-refractivity contribution in [3.8, 4) is 23.0 Å². The molecule has 0 aliphatic heterocycles. The number of ether oxygens (including phenoxy) is 2. The van der Waals surface area contributed by atoms with Gasteiger partial charge in [-0.1, -0.05) is 6.07 Å². The van der Waals surface area contributed by atoms with Gasteiger partial charge in [0.25, 0.3) is 0 Å². The summed E-state index contributed by atoms with van der Waals surface area (Å²) in [4.78, 5) is 0. The zero-order valence-corrected chi connectivity index (χ0v) is 13.3. The second-order valence-electron chi connectivity index (χ2n) is 4.92. The van der Waals surface area contributed by atoms with Crippen LogP contribution in [0.5, 0.6) is 23.0 Å². The Labute approximate surface area is 135 Å². The van der Waals surface area contributed by atoms with Crippen molar-refractivity contribution in [1.29, 1.82) is 0 Å². The van der Waals surface area contributed by atoms with Crippen LogP contribution in [0.2, 0.25) is 0 Å². The molecule has 2 rings (SSSR count). The molecule has 0 saturated heterocycles. The highest BCUT2D eigenvalue weighted by Crippen LogP contribution is 2.27. The fourth-order valence-corrected chi connectivity index (χ4v) is 2.13. The zero-order valence-electron chi connectivity index (χ0n) is 13.3. The average Bonchev–Trinajstić information content (AvgIpc) is 2.54. The molecule has 0 spiro atoms. The Morgan fingerprint density at radius 3 is 2.43 bits per heavy atom. The Kier molecular flexibility index (Phi) is 5.30. The largest absolute Gasteiger partial charge is 0.508 e. The number of hydrogen-bond acceptors (Lipinski definition) is 6. The maximum absolute atomic E-state index is 9.81. The van der Waals surface area contributed by atoms with Crippen molar-refractivity contribution in [2.75, 3.05) is 14.2 Å². The zero-order chi connectivity index (χ0) is 16.8. The molecule has 2 aromatic rings. The van der Waals surface area contributed by atoms with Crippen molar-refractivity contribution in [1.82, 2.24) is 5.43 Å². The molecule has 0 unspecified atom stereocenters. The topological polar surface area (TPSA) is 83.3 Å². The van der Waals surface area contributed by atoms with E-state index in [9.17, 15) is 10.2 Å². The van der Waals surface area contributed by atoms with Gasteiger partial charge in [-0.3, -0.25) is 0 Å². The van der Waals surface area contributed by atoms with Gasteiger partial charge in [0.2, 0.25) is 0 Å². The normalized spacial score (nSPS) is 11.2. The molecule has 0 aliphatic rings. The summed E-state index contributed by atoms with van der Waals surface area (Å²) in [6, 6.07) is 10.0. The summed E-state index contributed by atoms with van der Waals surface area (Å²) in [7, 11) is 3.18. The molecule has 6 heteroatoms. The Morgan fingerprint density at radius 1 is 1.04 bits per heavy atom. The van der Waals surface area contributed by atoms with Gasteiger partial charge < -0.3 is 25.1 Å². The molecule has 6 nitrogen and oxygen atoms in total. The van der Waals surface area contributed by atoms with Gasteiger partial charge in [0.05, 0.1) is 26.5 Å². The van der Waals surface area contributed by atoms with E-state index in [1.807, 2.05) is 18.2 Å². The maximum Gasteiger partial charge on any atom is 0.161 e. The molecule has 0 aliphatic carbocycles. The van der Waals surface area contributed by atoms with E-state index >= 15 is 0 Å². The molecule has 0 saturated carbocycles. The summed E-state index contributed by atoms with van der Waals surface area (Å²) in [5.74, 6) is 1.32. The predicted octanol–water partition coefficient (Wildman–Crippen LogP) is 2.63. The van der Waals surface area contributed by atoms with Gasteiger partial charge in [-0.25, -0.2) is 0 Å². The number of hydrogen-bond donors (Lipinski definition) is 3. The van der Waals surface area contributed by atoms with Crippen LogP contribution in [0.3, 0.4) is 0 Å². The molecule has 0 radical (unpaired) electrons. The standard InChI is InChI=1S/C17H20N2O4/c1-11(14-6-5-13(20)9-15(14)21)19-18-10-12-4-7-16(22-2)17(8-12)23-3/h4-9,18,20-21H,10H2,1-3H3/b19-11+. The molecule has 0 amide bonds. The van der Waals surface area contributed by atoms with Crippen molar-refractivity contribution in [3.63, 3.8) is 0 Å². The molecule has 3 N–H and O–H groups in total. The van der Waals surface area contributed by atoms with Gasteiger partial charge in [0.1, 0.15) is 11.5 Å². The molecule has 2 aromatic carbocycles. The van der Waals surface area contributed by atoms with E-state index in [1.165, 1.54) is 12.1 Å². The molecule has 122 valence electrons. The Hall–Kier alpha value is -2.89. The number of methoxy groups -OCH3 is 2. The maximum atomic E-state index is 9.81. The van der Waals surface area contributed by atoms with Crippen LogP contribution in [0.1, 0.15) is 18.1 Å². The first-order valence-corrected chi connectivity index (χ1v) is 7.05. The number of nitrogens with zero attached hydrogens (tertiary/aromatic N) is 1. The van der Waals surface area contributed by atoms with Gasteiger partial charge in [0, 0.05) is 11.6 Å².